The summed E-state index contributed by atoms with van der Waals surface area (Å²) in [6.07, 6.45) is 1.03. The zero-order valence-electron chi connectivity index (χ0n) is 15.3. The number of carbonyl (C=O) groups excluding carboxylic acids is 1. The number of hydrogen-bond donors (Lipinski definition) is 1. The summed E-state index contributed by atoms with van der Waals surface area (Å²) in [5.41, 5.74) is -0.000591. The Labute approximate surface area is 157 Å². The lowest BCUT2D eigenvalue weighted by atomic mass is 9.85. The average Bonchev–Trinajstić information content (AvgIpc) is 2.46. The van der Waals surface area contributed by atoms with Crippen LogP contribution >= 0.6 is 15.9 Å². The smallest absolute Gasteiger partial charge is 0.220 e. The van der Waals surface area contributed by atoms with E-state index in [9.17, 15) is 9.00 Å². The monoisotopic (exact) mass is 416 g/mol. The second kappa shape index (κ2) is 9.68. The van der Waals surface area contributed by atoms with Gasteiger partial charge in [0.1, 0.15) is 0 Å². The molecular formula is C18H29BrN2O2S. The van der Waals surface area contributed by atoms with Crippen LogP contribution in [-0.4, -0.2) is 47.5 Å². The molecule has 0 spiro atoms. The van der Waals surface area contributed by atoms with Crippen molar-refractivity contribution in [1.29, 1.82) is 0 Å². The molecule has 0 aliphatic heterocycles. The maximum atomic E-state index is 12.2. The molecule has 0 saturated carbocycles. The largest absolute Gasteiger partial charge is 0.353 e. The van der Waals surface area contributed by atoms with Gasteiger partial charge in [-0.15, -0.1) is 0 Å². The van der Waals surface area contributed by atoms with Crippen LogP contribution in [0.4, 0.5) is 0 Å². The predicted octanol–water partition coefficient (Wildman–Crippen LogP) is 3.43. The van der Waals surface area contributed by atoms with Crippen molar-refractivity contribution in [3.05, 3.63) is 28.7 Å². The zero-order chi connectivity index (χ0) is 18.3. The molecule has 0 aliphatic rings. The van der Waals surface area contributed by atoms with Crippen molar-refractivity contribution in [2.75, 3.05) is 26.4 Å². The third-order valence-electron chi connectivity index (χ3n) is 4.08. The van der Waals surface area contributed by atoms with Gasteiger partial charge in [0, 0.05) is 34.1 Å². The topological polar surface area (TPSA) is 49.4 Å². The van der Waals surface area contributed by atoms with Gasteiger partial charge in [0.15, 0.2) is 0 Å². The lowest BCUT2D eigenvalue weighted by molar-refractivity contribution is -0.122. The molecule has 1 aromatic rings. The van der Waals surface area contributed by atoms with E-state index in [1.54, 1.807) is 0 Å². The summed E-state index contributed by atoms with van der Waals surface area (Å²) in [4.78, 5) is 15.1. The SMILES string of the molecule is CC(NC(=O)CCCS(=O)c1ccc(Br)cc1)C(C)(C)CN(C)C. The second-order valence-electron chi connectivity index (χ2n) is 7.12. The van der Waals surface area contributed by atoms with E-state index in [-0.39, 0.29) is 17.4 Å². The van der Waals surface area contributed by atoms with Gasteiger partial charge in [-0.2, -0.15) is 0 Å². The standard InChI is InChI=1S/C18H29BrN2O2S/c1-14(18(2,3)13-21(4)5)20-17(22)7-6-12-24(23)16-10-8-15(19)9-11-16/h8-11,14H,6-7,12-13H2,1-5H3,(H,20,22). The van der Waals surface area contributed by atoms with E-state index in [4.69, 9.17) is 0 Å². The lowest BCUT2D eigenvalue weighted by Gasteiger charge is -2.34. The number of rotatable bonds is 9. The molecule has 1 N–H and O–H groups in total. The molecule has 24 heavy (non-hydrogen) atoms. The minimum Gasteiger partial charge on any atom is -0.353 e. The molecule has 2 unspecified atom stereocenters. The Morgan fingerprint density at radius 3 is 2.42 bits per heavy atom. The van der Waals surface area contributed by atoms with Gasteiger partial charge in [0.25, 0.3) is 0 Å². The molecule has 1 amide bonds. The van der Waals surface area contributed by atoms with E-state index < -0.39 is 10.8 Å². The van der Waals surface area contributed by atoms with Crippen LogP contribution in [0.15, 0.2) is 33.6 Å². The quantitative estimate of drug-likeness (QED) is 0.670. The second-order valence-corrected chi connectivity index (χ2v) is 9.61. The van der Waals surface area contributed by atoms with Crippen LogP contribution in [0.1, 0.15) is 33.6 Å². The highest BCUT2D eigenvalue weighted by molar-refractivity contribution is 9.10. The summed E-state index contributed by atoms with van der Waals surface area (Å²) >= 11 is 3.36. The molecule has 2 atom stereocenters. The van der Waals surface area contributed by atoms with Crippen molar-refractivity contribution < 1.29 is 9.00 Å². The Kier molecular flexibility index (Phi) is 8.60. The van der Waals surface area contributed by atoms with Gasteiger partial charge in [-0.25, -0.2) is 0 Å². The van der Waals surface area contributed by atoms with Crippen molar-refractivity contribution in [2.45, 2.75) is 44.6 Å². The molecular weight excluding hydrogens is 388 g/mol. The first-order chi connectivity index (χ1) is 11.1. The lowest BCUT2D eigenvalue weighted by Crippen LogP contribution is -2.47. The number of halogens is 1. The molecule has 136 valence electrons. The van der Waals surface area contributed by atoms with Crippen LogP contribution < -0.4 is 5.32 Å². The number of nitrogens with zero attached hydrogens (tertiary/aromatic N) is 1. The number of nitrogens with one attached hydrogen (secondary N) is 1. The first-order valence-corrected chi connectivity index (χ1v) is 10.3. The average molecular weight is 417 g/mol. The number of hydrogen-bond acceptors (Lipinski definition) is 3. The summed E-state index contributed by atoms with van der Waals surface area (Å²) < 4.78 is 13.2. The minimum atomic E-state index is -1.05. The molecule has 4 nitrogen and oxygen atoms in total. The zero-order valence-corrected chi connectivity index (χ0v) is 17.7. The molecule has 0 saturated heterocycles. The van der Waals surface area contributed by atoms with Crippen LogP contribution in [-0.2, 0) is 15.6 Å². The molecule has 0 aliphatic carbocycles. The minimum absolute atomic E-state index is 0.000591. The van der Waals surface area contributed by atoms with Gasteiger partial charge >= 0.3 is 0 Å². The molecule has 6 heteroatoms. The maximum Gasteiger partial charge on any atom is 0.220 e. The van der Waals surface area contributed by atoms with E-state index in [0.717, 1.165) is 15.9 Å². The van der Waals surface area contributed by atoms with Crippen molar-refractivity contribution in [3.8, 4) is 0 Å². The number of benzene rings is 1. The number of amides is 1. The molecule has 0 fully saturated rings. The Morgan fingerprint density at radius 1 is 1.29 bits per heavy atom. The van der Waals surface area contributed by atoms with Crippen LogP contribution in [0.3, 0.4) is 0 Å². The highest BCUT2D eigenvalue weighted by atomic mass is 79.9. The molecule has 0 heterocycles. The third-order valence-corrected chi connectivity index (χ3v) is 6.07. The van der Waals surface area contributed by atoms with Gasteiger partial charge in [-0.05, 0) is 57.1 Å². The van der Waals surface area contributed by atoms with E-state index in [0.29, 0.717) is 18.6 Å². The fourth-order valence-electron chi connectivity index (χ4n) is 2.53. The molecule has 1 rings (SSSR count). The summed E-state index contributed by atoms with van der Waals surface area (Å²) in [5, 5.41) is 3.08. The molecule has 0 aromatic heterocycles. The molecule has 0 bridgehead atoms. The summed E-state index contributed by atoms with van der Waals surface area (Å²) in [6.45, 7) is 7.25. The van der Waals surface area contributed by atoms with E-state index >= 15 is 0 Å². The highest BCUT2D eigenvalue weighted by Crippen LogP contribution is 2.21. The fourth-order valence-corrected chi connectivity index (χ4v) is 3.88. The first-order valence-electron chi connectivity index (χ1n) is 8.20. The Balaban J connectivity index is 2.38. The van der Waals surface area contributed by atoms with Crippen molar-refractivity contribution >= 4 is 32.6 Å². The van der Waals surface area contributed by atoms with Gasteiger partial charge in [-0.3, -0.25) is 9.00 Å². The van der Waals surface area contributed by atoms with Gasteiger partial charge < -0.3 is 10.2 Å². The van der Waals surface area contributed by atoms with Crippen LogP contribution in [0.2, 0.25) is 0 Å². The van der Waals surface area contributed by atoms with Gasteiger partial charge in [0.05, 0.1) is 10.8 Å². The highest BCUT2D eigenvalue weighted by Gasteiger charge is 2.27. The van der Waals surface area contributed by atoms with E-state index in [1.807, 2.05) is 45.3 Å². The Morgan fingerprint density at radius 2 is 1.88 bits per heavy atom. The normalized spacial score (nSPS) is 14.5. The summed E-state index contributed by atoms with van der Waals surface area (Å²) in [5.74, 6) is 0.534. The Bertz CT molecular complexity index is 559. The van der Waals surface area contributed by atoms with Crippen LogP contribution in [0.5, 0.6) is 0 Å². The summed E-state index contributed by atoms with van der Waals surface area (Å²) in [6, 6.07) is 7.56. The first kappa shape index (κ1) is 21.3. The van der Waals surface area contributed by atoms with Gasteiger partial charge in [-0.1, -0.05) is 29.8 Å². The van der Waals surface area contributed by atoms with Crippen molar-refractivity contribution in [2.24, 2.45) is 5.41 Å². The number of carbonyl (C=O) groups is 1. The summed E-state index contributed by atoms with van der Waals surface area (Å²) in [7, 11) is 3.02. The van der Waals surface area contributed by atoms with Crippen LogP contribution in [0.25, 0.3) is 0 Å². The Hall–Kier alpha value is -0.720. The van der Waals surface area contributed by atoms with Crippen LogP contribution in [0, 0.1) is 5.41 Å². The van der Waals surface area contributed by atoms with E-state index in [1.165, 1.54) is 0 Å². The van der Waals surface area contributed by atoms with Gasteiger partial charge in [0.2, 0.25) is 5.91 Å². The predicted molar refractivity (Wildman–Crippen MR) is 105 cm³/mol. The van der Waals surface area contributed by atoms with E-state index in [2.05, 4.69) is 40.0 Å². The fraction of sp³-hybridized carbons (Fsp3) is 0.611. The molecule has 1 aromatic carbocycles. The van der Waals surface area contributed by atoms with Crippen molar-refractivity contribution in [3.63, 3.8) is 0 Å². The van der Waals surface area contributed by atoms with Crippen molar-refractivity contribution in [1.82, 2.24) is 10.2 Å². The maximum absolute atomic E-state index is 12.2. The third kappa shape index (κ3) is 7.45. The molecule has 0 radical (unpaired) electrons.